The minimum Gasteiger partial charge on any atom is -0.496 e. The second-order valence-electron chi connectivity index (χ2n) is 5.82. The molecule has 1 aliphatic rings. The molecule has 1 atom stereocenters. The summed E-state index contributed by atoms with van der Waals surface area (Å²) in [6, 6.07) is 2.49. The molecule has 0 unspecified atom stereocenters. The first-order chi connectivity index (χ1) is 11.5. The van der Waals surface area contributed by atoms with Crippen LogP contribution >= 0.6 is 11.6 Å². The number of nitro groups is 1. The van der Waals surface area contributed by atoms with Crippen LogP contribution in [-0.4, -0.2) is 48.5 Å². The quantitative estimate of drug-likeness (QED) is 0.648. The SMILES string of the molecule is CCN1CCCC[C@H](NC(=O)c2cc([N+](=O)[O-])c(Cl)cc2OC)C1. The summed E-state index contributed by atoms with van der Waals surface area (Å²) in [5.74, 6) is -0.154. The number of nitrogens with one attached hydrogen (secondary N) is 1. The molecular formula is C16H22ClN3O4. The maximum absolute atomic E-state index is 12.6. The molecule has 1 fully saturated rings. The van der Waals surface area contributed by atoms with E-state index in [1.807, 2.05) is 0 Å². The third kappa shape index (κ3) is 4.36. The Morgan fingerprint density at radius 2 is 2.25 bits per heavy atom. The van der Waals surface area contributed by atoms with Crippen molar-refractivity contribution in [3.63, 3.8) is 0 Å². The highest BCUT2D eigenvalue weighted by Gasteiger charge is 2.24. The summed E-state index contributed by atoms with van der Waals surface area (Å²) in [6.07, 6.45) is 3.04. The van der Waals surface area contributed by atoms with Crippen molar-refractivity contribution in [1.29, 1.82) is 0 Å². The fraction of sp³-hybridized carbons (Fsp3) is 0.562. The molecule has 0 bridgehead atoms. The van der Waals surface area contributed by atoms with E-state index in [0.717, 1.165) is 38.9 Å². The van der Waals surface area contributed by atoms with Gasteiger partial charge in [-0.15, -0.1) is 0 Å². The van der Waals surface area contributed by atoms with E-state index in [0.29, 0.717) is 0 Å². The Labute approximate surface area is 146 Å². The van der Waals surface area contributed by atoms with E-state index in [1.165, 1.54) is 19.2 Å². The van der Waals surface area contributed by atoms with Gasteiger partial charge in [-0.2, -0.15) is 0 Å². The molecule has 0 aromatic heterocycles. The van der Waals surface area contributed by atoms with Crippen molar-refractivity contribution in [3.05, 3.63) is 32.8 Å². The third-order valence-electron chi connectivity index (χ3n) is 4.25. The topological polar surface area (TPSA) is 84.7 Å². The van der Waals surface area contributed by atoms with Crippen LogP contribution in [0.5, 0.6) is 5.75 Å². The van der Waals surface area contributed by atoms with Gasteiger partial charge in [0.05, 0.1) is 17.6 Å². The molecule has 0 aliphatic carbocycles. The van der Waals surface area contributed by atoms with Crippen LogP contribution in [0.2, 0.25) is 5.02 Å². The minimum atomic E-state index is -0.608. The van der Waals surface area contributed by atoms with Gasteiger partial charge in [-0.1, -0.05) is 24.9 Å². The molecule has 132 valence electrons. The van der Waals surface area contributed by atoms with E-state index in [4.69, 9.17) is 16.3 Å². The van der Waals surface area contributed by atoms with Gasteiger partial charge in [0.2, 0.25) is 0 Å². The molecule has 0 saturated carbocycles. The molecule has 1 aromatic carbocycles. The van der Waals surface area contributed by atoms with Crippen LogP contribution in [0.3, 0.4) is 0 Å². The second kappa shape index (κ2) is 8.30. The average molecular weight is 356 g/mol. The number of amides is 1. The Bertz CT molecular complexity index is 624. The van der Waals surface area contributed by atoms with E-state index in [-0.39, 0.29) is 34.0 Å². The number of ether oxygens (including phenoxy) is 1. The number of nitro benzene ring substituents is 1. The van der Waals surface area contributed by atoms with Crippen LogP contribution in [0, 0.1) is 10.1 Å². The number of likely N-dealkylation sites (tertiary alicyclic amines) is 1. The predicted octanol–water partition coefficient (Wildman–Crippen LogP) is 2.86. The van der Waals surface area contributed by atoms with Gasteiger partial charge in [-0.3, -0.25) is 14.9 Å². The second-order valence-corrected chi connectivity index (χ2v) is 6.23. The Balaban J connectivity index is 2.22. The molecule has 1 aliphatic heterocycles. The maximum Gasteiger partial charge on any atom is 0.288 e. The summed E-state index contributed by atoms with van der Waals surface area (Å²) >= 11 is 5.87. The number of hydrogen-bond acceptors (Lipinski definition) is 5. The van der Waals surface area contributed by atoms with E-state index >= 15 is 0 Å². The summed E-state index contributed by atoms with van der Waals surface area (Å²) in [4.78, 5) is 25.3. The summed E-state index contributed by atoms with van der Waals surface area (Å²) in [5.41, 5.74) is -0.181. The highest BCUT2D eigenvalue weighted by Crippen LogP contribution is 2.32. The number of methoxy groups -OCH3 is 1. The van der Waals surface area contributed by atoms with Crippen LogP contribution in [0.25, 0.3) is 0 Å². The van der Waals surface area contributed by atoms with Gasteiger partial charge in [0.25, 0.3) is 11.6 Å². The molecule has 1 saturated heterocycles. The lowest BCUT2D eigenvalue weighted by molar-refractivity contribution is -0.384. The van der Waals surface area contributed by atoms with Gasteiger partial charge in [0.1, 0.15) is 10.8 Å². The Kier molecular flexibility index (Phi) is 6.39. The lowest BCUT2D eigenvalue weighted by Gasteiger charge is -2.23. The number of benzene rings is 1. The maximum atomic E-state index is 12.6. The molecule has 0 spiro atoms. The van der Waals surface area contributed by atoms with Crippen LogP contribution in [-0.2, 0) is 0 Å². The minimum absolute atomic E-state index is 0.0133. The van der Waals surface area contributed by atoms with E-state index in [1.54, 1.807) is 0 Å². The Hall–Kier alpha value is -1.86. The van der Waals surface area contributed by atoms with Crippen LogP contribution in [0.1, 0.15) is 36.5 Å². The zero-order chi connectivity index (χ0) is 17.7. The van der Waals surface area contributed by atoms with Crippen molar-refractivity contribution in [2.24, 2.45) is 0 Å². The van der Waals surface area contributed by atoms with Gasteiger partial charge in [-0.05, 0) is 25.9 Å². The van der Waals surface area contributed by atoms with E-state index in [2.05, 4.69) is 17.1 Å². The first kappa shape index (κ1) is 18.5. The summed E-state index contributed by atoms with van der Waals surface area (Å²) in [7, 11) is 1.40. The van der Waals surface area contributed by atoms with Crippen molar-refractivity contribution in [1.82, 2.24) is 10.2 Å². The molecule has 0 radical (unpaired) electrons. The molecule has 1 N–H and O–H groups in total. The molecule has 8 heteroatoms. The summed E-state index contributed by atoms with van der Waals surface area (Å²) < 4.78 is 5.16. The Morgan fingerprint density at radius 1 is 1.50 bits per heavy atom. The number of rotatable bonds is 5. The zero-order valence-electron chi connectivity index (χ0n) is 13.9. The number of nitrogens with zero attached hydrogens (tertiary/aromatic N) is 2. The molecule has 2 rings (SSSR count). The standard InChI is InChI=1S/C16H22ClN3O4/c1-3-19-7-5-4-6-11(10-19)18-16(21)12-8-14(20(22)23)13(17)9-15(12)24-2/h8-9,11H,3-7,10H2,1-2H3,(H,18,21)/t11-/m0/s1. The van der Waals surface area contributed by atoms with Gasteiger partial charge in [0, 0.05) is 24.7 Å². The van der Waals surface area contributed by atoms with E-state index < -0.39 is 4.92 Å². The molecular weight excluding hydrogens is 334 g/mol. The molecule has 1 heterocycles. The summed E-state index contributed by atoms with van der Waals surface area (Å²) in [5, 5.41) is 14.0. The largest absolute Gasteiger partial charge is 0.496 e. The molecule has 1 amide bonds. The van der Waals surface area contributed by atoms with Gasteiger partial charge in [0.15, 0.2) is 0 Å². The molecule has 24 heavy (non-hydrogen) atoms. The van der Waals surface area contributed by atoms with Crippen molar-refractivity contribution in [2.45, 2.75) is 32.2 Å². The number of likely N-dealkylation sites (N-methyl/N-ethyl adjacent to an activating group) is 1. The highest BCUT2D eigenvalue weighted by molar-refractivity contribution is 6.33. The van der Waals surface area contributed by atoms with Crippen molar-refractivity contribution >= 4 is 23.2 Å². The smallest absolute Gasteiger partial charge is 0.288 e. The van der Waals surface area contributed by atoms with Gasteiger partial charge < -0.3 is 15.0 Å². The third-order valence-corrected chi connectivity index (χ3v) is 4.55. The fourth-order valence-electron chi connectivity index (χ4n) is 2.92. The lowest BCUT2D eigenvalue weighted by atomic mass is 10.1. The predicted molar refractivity (Wildman–Crippen MR) is 91.9 cm³/mol. The normalized spacial score (nSPS) is 18.7. The van der Waals surface area contributed by atoms with Crippen molar-refractivity contribution in [3.8, 4) is 5.75 Å². The van der Waals surface area contributed by atoms with Crippen molar-refractivity contribution in [2.75, 3.05) is 26.7 Å². The van der Waals surface area contributed by atoms with Crippen molar-refractivity contribution < 1.29 is 14.5 Å². The summed E-state index contributed by atoms with van der Waals surface area (Å²) in [6.45, 7) is 4.83. The number of carbonyl (C=O) groups is 1. The first-order valence-corrected chi connectivity index (χ1v) is 8.39. The lowest BCUT2D eigenvalue weighted by Crippen LogP contribution is -2.42. The fourth-order valence-corrected chi connectivity index (χ4v) is 3.14. The molecule has 7 nitrogen and oxygen atoms in total. The van der Waals surface area contributed by atoms with Crippen LogP contribution < -0.4 is 10.1 Å². The first-order valence-electron chi connectivity index (χ1n) is 8.01. The Morgan fingerprint density at radius 3 is 2.88 bits per heavy atom. The number of hydrogen-bond donors (Lipinski definition) is 1. The average Bonchev–Trinajstić information content (AvgIpc) is 2.79. The zero-order valence-corrected chi connectivity index (χ0v) is 14.6. The van der Waals surface area contributed by atoms with Gasteiger partial charge >= 0.3 is 0 Å². The van der Waals surface area contributed by atoms with Crippen LogP contribution in [0.15, 0.2) is 12.1 Å². The monoisotopic (exact) mass is 355 g/mol. The van der Waals surface area contributed by atoms with E-state index in [9.17, 15) is 14.9 Å². The molecule has 1 aromatic rings. The number of halogens is 1. The highest BCUT2D eigenvalue weighted by atomic mass is 35.5. The number of carbonyl (C=O) groups excluding carboxylic acids is 1. The van der Waals surface area contributed by atoms with Gasteiger partial charge in [-0.25, -0.2) is 0 Å². The van der Waals surface area contributed by atoms with Crippen LogP contribution in [0.4, 0.5) is 5.69 Å².